The predicted octanol–water partition coefficient (Wildman–Crippen LogP) is 2.86. The number of carbonyl (C=O) groups is 1. The highest BCUT2D eigenvalue weighted by Gasteiger charge is 2.16. The van der Waals surface area contributed by atoms with E-state index < -0.39 is 0 Å². The number of nitrogens with one attached hydrogen (secondary N) is 1. The van der Waals surface area contributed by atoms with Gasteiger partial charge in [-0.05, 0) is 24.1 Å². The third kappa shape index (κ3) is 5.33. The van der Waals surface area contributed by atoms with Gasteiger partial charge in [-0.3, -0.25) is 0 Å². The van der Waals surface area contributed by atoms with Crippen LogP contribution >= 0.6 is 23.5 Å². The highest BCUT2D eigenvalue weighted by Crippen LogP contribution is 2.15. The molecule has 0 spiro atoms. The summed E-state index contributed by atoms with van der Waals surface area (Å²) < 4.78 is 0. The first-order chi connectivity index (χ1) is 11.3. The van der Waals surface area contributed by atoms with Gasteiger partial charge in [-0.1, -0.05) is 12.1 Å². The monoisotopic (exact) mass is 351 g/mol. The van der Waals surface area contributed by atoms with E-state index in [0.29, 0.717) is 0 Å². The number of urea groups is 1. The SMILES string of the molecule is O=C(Nc1ccc(CCN2CCSCC2)cc1)N1CCSCC1. The highest BCUT2D eigenvalue weighted by molar-refractivity contribution is 7.99. The van der Waals surface area contributed by atoms with Crippen LogP contribution in [0.15, 0.2) is 24.3 Å². The van der Waals surface area contributed by atoms with Crippen LogP contribution in [0, 0.1) is 0 Å². The van der Waals surface area contributed by atoms with Gasteiger partial charge in [-0.15, -0.1) is 0 Å². The molecule has 2 fully saturated rings. The summed E-state index contributed by atoms with van der Waals surface area (Å²) in [7, 11) is 0. The molecule has 2 amide bonds. The van der Waals surface area contributed by atoms with E-state index in [4.69, 9.17) is 0 Å². The van der Waals surface area contributed by atoms with Gasteiger partial charge in [0.05, 0.1) is 0 Å². The molecule has 0 atom stereocenters. The number of benzene rings is 1. The van der Waals surface area contributed by atoms with Crippen LogP contribution in [0.2, 0.25) is 0 Å². The van der Waals surface area contributed by atoms with Crippen LogP contribution in [0.25, 0.3) is 0 Å². The van der Waals surface area contributed by atoms with Crippen LogP contribution in [-0.2, 0) is 6.42 Å². The minimum Gasteiger partial charge on any atom is -0.323 e. The molecular formula is C17H25N3OS2. The zero-order chi connectivity index (χ0) is 15.9. The first-order valence-corrected chi connectivity index (χ1v) is 10.6. The summed E-state index contributed by atoms with van der Waals surface area (Å²) in [6.45, 7) is 5.27. The molecule has 2 aliphatic rings. The van der Waals surface area contributed by atoms with Crippen LogP contribution in [0.3, 0.4) is 0 Å². The van der Waals surface area contributed by atoms with Crippen LogP contribution in [0.4, 0.5) is 10.5 Å². The lowest BCUT2D eigenvalue weighted by molar-refractivity contribution is 0.217. The topological polar surface area (TPSA) is 35.6 Å². The largest absolute Gasteiger partial charge is 0.323 e. The molecule has 1 aromatic carbocycles. The van der Waals surface area contributed by atoms with Gasteiger partial charge in [0.15, 0.2) is 0 Å². The van der Waals surface area contributed by atoms with Crippen molar-refractivity contribution in [3.8, 4) is 0 Å². The third-order valence-corrected chi connectivity index (χ3v) is 6.21. The van der Waals surface area contributed by atoms with Crippen LogP contribution in [0.5, 0.6) is 0 Å². The van der Waals surface area contributed by atoms with Gasteiger partial charge < -0.3 is 15.1 Å². The Labute approximate surface area is 147 Å². The first kappa shape index (κ1) is 17.0. The fourth-order valence-corrected chi connectivity index (χ4v) is 4.72. The Morgan fingerprint density at radius 2 is 1.57 bits per heavy atom. The van der Waals surface area contributed by atoms with E-state index >= 15 is 0 Å². The molecule has 126 valence electrons. The first-order valence-electron chi connectivity index (χ1n) is 8.34. The molecule has 2 aliphatic heterocycles. The van der Waals surface area contributed by atoms with E-state index in [1.54, 1.807) is 0 Å². The second-order valence-corrected chi connectivity index (χ2v) is 8.38. The molecule has 0 aliphatic carbocycles. The van der Waals surface area contributed by atoms with E-state index in [9.17, 15) is 4.79 Å². The van der Waals surface area contributed by atoms with Crippen molar-refractivity contribution in [2.75, 3.05) is 61.1 Å². The van der Waals surface area contributed by atoms with Gasteiger partial charge in [-0.25, -0.2) is 4.79 Å². The molecule has 0 radical (unpaired) electrons. The molecule has 2 saturated heterocycles. The van der Waals surface area contributed by atoms with Crippen molar-refractivity contribution in [3.63, 3.8) is 0 Å². The van der Waals surface area contributed by atoms with Gasteiger partial charge in [0.25, 0.3) is 0 Å². The molecule has 0 bridgehead atoms. The summed E-state index contributed by atoms with van der Waals surface area (Å²) in [4.78, 5) is 16.6. The van der Waals surface area contributed by atoms with Crippen molar-refractivity contribution < 1.29 is 4.79 Å². The number of hydrogen-bond donors (Lipinski definition) is 1. The molecule has 0 unspecified atom stereocenters. The van der Waals surface area contributed by atoms with Crippen LogP contribution in [0.1, 0.15) is 5.56 Å². The number of hydrogen-bond acceptors (Lipinski definition) is 4. The van der Waals surface area contributed by atoms with Crippen molar-refractivity contribution in [2.24, 2.45) is 0 Å². The average Bonchev–Trinajstić information content (AvgIpc) is 2.63. The normalized spacial score (nSPS) is 19.6. The Morgan fingerprint density at radius 1 is 0.957 bits per heavy atom. The zero-order valence-corrected chi connectivity index (χ0v) is 15.1. The van der Waals surface area contributed by atoms with Crippen LogP contribution < -0.4 is 5.32 Å². The second kappa shape index (κ2) is 8.85. The van der Waals surface area contributed by atoms with E-state index in [1.165, 1.54) is 30.2 Å². The standard InChI is InChI=1S/C17H25N3OS2/c21-17(20-9-13-23-14-10-20)18-16-3-1-15(2-4-16)5-6-19-7-11-22-12-8-19/h1-4H,5-14H2,(H,18,21). The summed E-state index contributed by atoms with van der Waals surface area (Å²) in [5, 5.41) is 3.01. The van der Waals surface area contributed by atoms with E-state index in [2.05, 4.69) is 34.1 Å². The molecular weight excluding hydrogens is 326 g/mol. The Balaban J connectivity index is 1.45. The number of carbonyl (C=O) groups excluding carboxylic acids is 1. The quantitative estimate of drug-likeness (QED) is 0.905. The van der Waals surface area contributed by atoms with Crippen molar-refractivity contribution in [3.05, 3.63) is 29.8 Å². The lowest BCUT2D eigenvalue weighted by Crippen LogP contribution is -2.40. The smallest absolute Gasteiger partial charge is 0.321 e. The minimum absolute atomic E-state index is 0.0314. The van der Waals surface area contributed by atoms with E-state index in [1.807, 2.05) is 28.8 Å². The van der Waals surface area contributed by atoms with Crippen molar-refractivity contribution in [2.45, 2.75) is 6.42 Å². The third-order valence-electron chi connectivity index (χ3n) is 4.32. The minimum atomic E-state index is 0.0314. The molecule has 23 heavy (non-hydrogen) atoms. The number of thioether (sulfide) groups is 2. The van der Waals surface area contributed by atoms with Gasteiger partial charge in [0, 0.05) is 61.4 Å². The number of rotatable bonds is 4. The lowest BCUT2D eigenvalue weighted by Gasteiger charge is -2.26. The molecule has 6 heteroatoms. The van der Waals surface area contributed by atoms with Gasteiger partial charge in [0.2, 0.25) is 0 Å². The maximum Gasteiger partial charge on any atom is 0.321 e. The molecule has 0 aromatic heterocycles. The fraction of sp³-hybridized carbons (Fsp3) is 0.588. The molecule has 2 heterocycles. The summed E-state index contributed by atoms with van der Waals surface area (Å²) in [5.41, 5.74) is 2.24. The molecule has 1 aromatic rings. The second-order valence-electron chi connectivity index (χ2n) is 5.93. The Morgan fingerprint density at radius 3 is 2.22 bits per heavy atom. The molecule has 0 saturated carbocycles. The predicted molar refractivity (Wildman–Crippen MR) is 102 cm³/mol. The van der Waals surface area contributed by atoms with Gasteiger partial charge in [-0.2, -0.15) is 23.5 Å². The summed E-state index contributed by atoms with van der Waals surface area (Å²) in [6.07, 6.45) is 1.09. The maximum absolute atomic E-state index is 12.2. The van der Waals surface area contributed by atoms with E-state index in [-0.39, 0.29) is 6.03 Å². The highest BCUT2D eigenvalue weighted by atomic mass is 32.2. The molecule has 4 nitrogen and oxygen atoms in total. The Kier molecular flexibility index (Phi) is 6.54. The van der Waals surface area contributed by atoms with Crippen LogP contribution in [-0.4, -0.2) is 71.6 Å². The summed E-state index contributed by atoms with van der Waals surface area (Å²) >= 11 is 3.97. The fourth-order valence-electron chi connectivity index (χ4n) is 2.84. The summed E-state index contributed by atoms with van der Waals surface area (Å²) in [5.74, 6) is 4.61. The van der Waals surface area contributed by atoms with Gasteiger partial charge in [0.1, 0.15) is 0 Å². The zero-order valence-electron chi connectivity index (χ0n) is 13.5. The van der Waals surface area contributed by atoms with Crippen molar-refractivity contribution in [1.82, 2.24) is 9.80 Å². The van der Waals surface area contributed by atoms with Gasteiger partial charge >= 0.3 is 6.03 Å². The Bertz CT molecular complexity index is 497. The molecule has 1 N–H and O–H groups in total. The molecule has 3 rings (SSSR count). The summed E-state index contributed by atoms with van der Waals surface area (Å²) in [6, 6.07) is 8.36. The number of amides is 2. The lowest BCUT2D eigenvalue weighted by atomic mass is 10.1. The van der Waals surface area contributed by atoms with E-state index in [0.717, 1.165) is 43.2 Å². The van der Waals surface area contributed by atoms with Crippen molar-refractivity contribution >= 4 is 35.2 Å². The Hall–Kier alpha value is -0.850. The maximum atomic E-state index is 12.2. The average molecular weight is 352 g/mol. The van der Waals surface area contributed by atoms with Crippen molar-refractivity contribution in [1.29, 1.82) is 0 Å². The number of anilines is 1. The number of nitrogens with zero attached hydrogens (tertiary/aromatic N) is 2.